The molecule has 0 saturated carbocycles. The molecule has 3 heteroatoms. The largest absolute Gasteiger partial charge is 0.336 e. The molecule has 0 radical (unpaired) electrons. The van der Waals surface area contributed by atoms with E-state index >= 15 is 0 Å². The monoisotopic (exact) mass is 232 g/mol. The van der Waals surface area contributed by atoms with Crippen LogP contribution in [-0.4, -0.2) is 22.3 Å². The first-order valence-electron chi connectivity index (χ1n) is 6.38. The molecule has 1 unspecified atom stereocenters. The first kappa shape index (κ1) is 12.1. The number of hydrogen-bond donors (Lipinski definition) is 0. The average Bonchev–Trinajstić information content (AvgIpc) is 2.78. The maximum absolute atomic E-state index is 12.1. The number of nitrogens with zero attached hydrogens (tertiary/aromatic N) is 2. The molecule has 3 nitrogen and oxygen atoms in total. The van der Waals surface area contributed by atoms with Gasteiger partial charge in [-0.25, -0.2) is 0 Å². The molecule has 0 aromatic carbocycles. The Hall–Kier alpha value is -1.38. The predicted octanol–water partition coefficient (Wildman–Crippen LogP) is 2.79. The van der Waals surface area contributed by atoms with Gasteiger partial charge in [-0.3, -0.25) is 9.78 Å². The lowest BCUT2D eigenvalue weighted by Gasteiger charge is -2.25. The number of carbonyl (C=O) groups excluding carboxylic acids is 1. The summed E-state index contributed by atoms with van der Waals surface area (Å²) >= 11 is 0. The SMILES string of the molecule is CC(C)CC(=O)N1CCCC1c1ccncc1. The predicted molar refractivity (Wildman–Crippen MR) is 67.4 cm³/mol. The summed E-state index contributed by atoms with van der Waals surface area (Å²) in [5.41, 5.74) is 1.22. The summed E-state index contributed by atoms with van der Waals surface area (Å²) in [5, 5.41) is 0. The van der Waals surface area contributed by atoms with Crippen LogP contribution in [0.25, 0.3) is 0 Å². The third-order valence-corrected chi connectivity index (χ3v) is 3.25. The minimum absolute atomic E-state index is 0.268. The minimum atomic E-state index is 0.268. The third-order valence-electron chi connectivity index (χ3n) is 3.25. The molecule has 0 spiro atoms. The van der Waals surface area contributed by atoms with Crippen molar-refractivity contribution in [3.8, 4) is 0 Å². The average molecular weight is 232 g/mol. The second-order valence-electron chi connectivity index (χ2n) is 5.12. The van der Waals surface area contributed by atoms with Gasteiger partial charge in [0.05, 0.1) is 6.04 Å². The topological polar surface area (TPSA) is 33.2 Å². The van der Waals surface area contributed by atoms with Gasteiger partial charge < -0.3 is 4.90 Å². The molecule has 1 fully saturated rings. The highest BCUT2D eigenvalue weighted by atomic mass is 16.2. The van der Waals surface area contributed by atoms with Gasteiger partial charge >= 0.3 is 0 Å². The summed E-state index contributed by atoms with van der Waals surface area (Å²) in [6.07, 6.45) is 6.45. The number of pyridine rings is 1. The summed E-state index contributed by atoms with van der Waals surface area (Å²) in [4.78, 5) is 18.2. The van der Waals surface area contributed by atoms with Gasteiger partial charge in [-0.2, -0.15) is 0 Å². The van der Waals surface area contributed by atoms with Gasteiger partial charge in [-0.15, -0.1) is 0 Å². The third kappa shape index (κ3) is 2.84. The molecule has 17 heavy (non-hydrogen) atoms. The van der Waals surface area contributed by atoms with E-state index in [1.165, 1.54) is 5.56 Å². The highest BCUT2D eigenvalue weighted by Gasteiger charge is 2.29. The molecule has 1 aliphatic heterocycles. The number of amides is 1. The van der Waals surface area contributed by atoms with Crippen LogP contribution in [0.2, 0.25) is 0 Å². The molecule has 1 saturated heterocycles. The van der Waals surface area contributed by atoms with E-state index in [1.54, 1.807) is 12.4 Å². The van der Waals surface area contributed by atoms with E-state index in [0.29, 0.717) is 18.2 Å². The van der Waals surface area contributed by atoms with Crippen LogP contribution >= 0.6 is 0 Å². The van der Waals surface area contributed by atoms with Crippen molar-refractivity contribution < 1.29 is 4.79 Å². The van der Waals surface area contributed by atoms with E-state index in [2.05, 4.69) is 18.8 Å². The zero-order valence-corrected chi connectivity index (χ0v) is 10.6. The smallest absolute Gasteiger partial charge is 0.223 e. The van der Waals surface area contributed by atoms with Crippen molar-refractivity contribution in [2.45, 2.75) is 39.2 Å². The van der Waals surface area contributed by atoms with Crippen molar-refractivity contribution in [3.05, 3.63) is 30.1 Å². The van der Waals surface area contributed by atoms with Gasteiger partial charge in [0.25, 0.3) is 0 Å². The Kier molecular flexibility index (Phi) is 3.77. The Balaban J connectivity index is 2.10. The molecule has 1 atom stereocenters. The van der Waals surface area contributed by atoms with Gasteiger partial charge in [0.15, 0.2) is 0 Å². The van der Waals surface area contributed by atoms with E-state index < -0.39 is 0 Å². The van der Waals surface area contributed by atoms with Crippen molar-refractivity contribution in [2.75, 3.05) is 6.54 Å². The molecule has 1 aromatic heterocycles. The first-order valence-corrected chi connectivity index (χ1v) is 6.38. The lowest BCUT2D eigenvalue weighted by Crippen LogP contribution is -2.31. The number of rotatable bonds is 3. The standard InChI is InChI=1S/C14H20N2O/c1-11(2)10-14(17)16-9-3-4-13(16)12-5-7-15-8-6-12/h5-8,11,13H,3-4,9-10H2,1-2H3. The zero-order valence-electron chi connectivity index (χ0n) is 10.6. The van der Waals surface area contributed by atoms with Gasteiger partial charge in [-0.05, 0) is 36.5 Å². The second kappa shape index (κ2) is 5.30. The Morgan fingerprint density at radius 3 is 2.82 bits per heavy atom. The highest BCUT2D eigenvalue weighted by molar-refractivity contribution is 5.77. The fraction of sp³-hybridized carbons (Fsp3) is 0.571. The van der Waals surface area contributed by atoms with Crippen molar-refractivity contribution in [2.24, 2.45) is 5.92 Å². The van der Waals surface area contributed by atoms with E-state index in [-0.39, 0.29) is 6.04 Å². The van der Waals surface area contributed by atoms with Crippen LogP contribution in [0.5, 0.6) is 0 Å². The van der Waals surface area contributed by atoms with Crippen molar-refractivity contribution in [3.63, 3.8) is 0 Å². The summed E-state index contributed by atoms with van der Waals surface area (Å²) in [6, 6.07) is 4.31. The molecular formula is C14H20N2O. The Bertz CT molecular complexity index is 375. The molecule has 1 aromatic rings. The van der Waals surface area contributed by atoms with Gasteiger partial charge in [0, 0.05) is 25.4 Å². The number of aromatic nitrogens is 1. The van der Waals surface area contributed by atoms with Crippen molar-refractivity contribution >= 4 is 5.91 Å². The molecule has 0 aliphatic carbocycles. The maximum Gasteiger partial charge on any atom is 0.223 e. The van der Waals surface area contributed by atoms with Crippen LogP contribution in [0.1, 0.15) is 44.7 Å². The molecule has 0 N–H and O–H groups in total. The summed E-state index contributed by atoms with van der Waals surface area (Å²) < 4.78 is 0. The molecule has 2 rings (SSSR count). The first-order chi connectivity index (χ1) is 8.18. The summed E-state index contributed by atoms with van der Waals surface area (Å²) in [6.45, 7) is 5.09. The van der Waals surface area contributed by atoms with Crippen molar-refractivity contribution in [1.82, 2.24) is 9.88 Å². The quantitative estimate of drug-likeness (QED) is 0.803. The van der Waals surface area contributed by atoms with Crippen molar-refractivity contribution in [1.29, 1.82) is 0 Å². The van der Waals surface area contributed by atoms with Crippen LogP contribution in [0.3, 0.4) is 0 Å². The minimum Gasteiger partial charge on any atom is -0.336 e. The van der Waals surface area contributed by atoms with E-state index in [9.17, 15) is 4.79 Å². The van der Waals surface area contributed by atoms with Crippen LogP contribution in [-0.2, 0) is 4.79 Å². The lowest BCUT2D eigenvalue weighted by molar-refractivity contribution is -0.132. The number of hydrogen-bond acceptors (Lipinski definition) is 2. The van der Waals surface area contributed by atoms with Crippen LogP contribution in [0.15, 0.2) is 24.5 Å². The summed E-state index contributed by atoms with van der Waals surface area (Å²) in [7, 11) is 0. The lowest BCUT2D eigenvalue weighted by atomic mass is 10.0. The molecule has 0 bridgehead atoms. The molecule has 1 amide bonds. The number of carbonyl (C=O) groups is 1. The Labute approximate surface area is 103 Å². The van der Waals surface area contributed by atoms with Gasteiger partial charge in [0.1, 0.15) is 0 Å². The fourth-order valence-electron chi connectivity index (χ4n) is 2.46. The second-order valence-corrected chi connectivity index (χ2v) is 5.12. The molecular weight excluding hydrogens is 212 g/mol. The highest BCUT2D eigenvalue weighted by Crippen LogP contribution is 2.32. The van der Waals surface area contributed by atoms with Gasteiger partial charge in [0.2, 0.25) is 5.91 Å². The number of likely N-dealkylation sites (tertiary alicyclic amines) is 1. The molecule has 1 aliphatic rings. The van der Waals surface area contributed by atoms with Crippen LogP contribution in [0.4, 0.5) is 0 Å². The van der Waals surface area contributed by atoms with Crippen LogP contribution in [0, 0.1) is 5.92 Å². The van der Waals surface area contributed by atoms with Crippen LogP contribution < -0.4 is 0 Å². The molecule has 92 valence electrons. The zero-order chi connectivity index (χ0) is 12.3. The summed E-state index contributed by atoms with van der Waals surface area (Å²) in [5.74, 6) is 0.723. The van der Waals surface area contributed by atoms with E-state index in [4.69, 9.17) is 0 Å². The van der Waals surface area contributed by atoms with E-state index in [0.717, 1.165) is 19.4 Å². The fourth-order valence-corrected chi connectivity index (χ4v) is 2.46. The Morgan fingerprint density at radius 1 is 1.47 bits per heavy atom. The Morgan fingerprint density at radius 2 is 2.18 bits per heavy atom. The normalized spacial score (nSPS) is 19.9. The van der Waals surface area contributed by atoms with E-state index in [1.807, 2.05) is 17.0 Å². The molecule has 2 heterocycles. The maximum atomic E-state index is 12.1. The van der Waals surface area contributed by atoms with Gasteiger partial charge in [-0.1, -0.05) is 13.8 Å².